The standard InChI is InChI=1S/C17H22N4O2/c1-12-4-5-14(15(8-12)22-3)23-17-9-16(19-11-20-17)21-7-6-18-13(2)10-21/h4-5,8-9,11,13,18H,6-7,10H2,1-3H3. The van der Waals surface area contributed by atoms with Crippen LogP contribution in [0.25, 0.3) is 0 Å². The quantitative estimate of drug-likeness (QED) is 0.935. The number of aryl methyl sites for hydroxylation is 1. The zero-order valence-electron chi connectivity index (χ0n) is 13.7. The molecule has 1 atom stereocenters. The SMILES string of the molecule is COc1cc(C)ccc1Oc1cc(N2CCNC(C)C2)ncn1. The summed E-state index contributed by atoms with van der Waals surface area (Å²) in [6.45, 7) is 6.98. The van der Waals surface area contributed by atoms with Crippen LogP contribution in [0.5, 0.6) is 17.4 Å². The first-order valence-corrected chi connectivity index (χ1v) is 7.78. The normalized spacial score (nSPS) is 17.9. The Kier molecular flexibility index (Phi) is 4.62. The van der Waals surface area contributed by atoms with Crippen molar-refractivity contribution in [2.24, 2.45) is 0 Å². The van der Waals surface area contributed by atoms with Crippen LogP contribution in [0.4, 0.5) is 5.82 Å². The van der Waals surface area contributed by atoms with Gasteiger partial charge in [0.1, 0.15) is 12.1 Å². The summed E-state index contributed by atoms with van der Waals surface area (Å²) < 4.78 is 11.3. The fourth-order valence-electron chi connectivity index (χ4n) is 2.67. The van der Waals surface area contributed by atoms with Gasteiger partial charge in [-0.25, -0.2) is 9.97 Å². The lowest BCUT2D eigenvalue weighted by Crippen LogP contribution is -2.49. The highest BCUT2D eigenvalue weighted by Crippen LogP contribution is 2.32. The molecule has 2 aromatic rings. The predicted octanol–water partition coefficient (Wildman–Crippen LogP) is 2.38. The molecular formula is C17H22N4O2. The average molecular weight is 314 g/mol. The Morgan fingerprint density at radius 2 is 2.09 bits per heavy atom. The fraction of sp³-hybridized carbons (Fsp3) is 0.412. The summed E-state index contributed by atoms with van der Waals surface area (Å²) in [5.41, 5.74) is 1.12. The summed E-state index contributed by atoms with van der Waals surface area (Å²) in [5, 5.41) is 3.42. The van der Waals surface area contributed by atoms with Gasteiger partial charge in [-0.3, -0.25) is 0 Å². The third kappa shape index (κ3) is 3.71. The van der Waals surface area contributed by atoms with Gasteiger partial charge in [0, 0.05) is 31.7 Å². The van der Waals surface area contributed by atoms with E-state index in [0.717, 1.165) is 31.0 Å². The molecule has 0 radical (unpaired) electrons. The van der Waals surface area contributed by atoms with Crippen molar-refractivity contribution < 1.29 is 9.47 Å². The van der Waals surface area contributed by atoms with E-state index in [0.29, 0.717) is 23.4 Å². The van der Waals surface area contributed by atoms with Gasteiger partial charge >= 0.3 is 0 Å². The van der Waals surface area contributed by atoms with Gasteiger partial charge < -0.3 is 19.7 Å². The highest BCUT2D eigenvalue weighted by Gasteiger charge is 2.18. The number of nitrogens with zero attached hydrogens (tertiary/aromatic N) is 3. The largest absolute Gasteiger partial charge is 0.493 e. The average Bonchev–Trinajstić information content (AvgIpc) is 2.57. The van der Waals surface area contributed by atoms with Gasteiger partial charge in [0.25, 0.3) is 0 Å². The van der Waals surface area contributed by atoms with Crippen molar-refractivity contribution in [3.8, 4) is 17.4 Å². The van der Waals surface area contributed by atoms with Crippen molar-refractivity contribution in [3.63, 3.8) is 0 Å². The van der Waals surface area contributed by atoms with Crippen LogP contribution in [0.15, 0.2) is 30.6 Å². The molecule has 6 nitrogen and oxygen atoms in total. The van der Waals surface area contributed by atoms with E-state index in [9.17, 15) is 0 Å². The minimum Gasteiger partial charge on any atom is -0.493 e. The molecule has 0 spiro atoms. The third-order valence-electron chi connectivity index (χ3n) is 3.85. The van der Waals surface area contributed by atoms with Crippen molar-refractivity contribution in [3.05, 3.63) is 36.2 Å². The Labute approximate surface area is 136 Å². The number of hydrogen-bond acceptors (Lipinski definition) is 6. The molecule has 1 aliphatic heterocycles. The molecule has 0 bridgehead atoms. The van der Waals surface area contributed by atoms with Crippen LogP contribution in [-0.2, 0) is 0 Å². The van der Waals surface area contributed by atoms with E-state index in [1.807, 2.05) is 31.2 Å². The van der Waals surface area contributed by atoms with Gasteiger partial charge in [0.2, 0.25) is 5.88 Å². The summed E-state index contributed by atoms with van der Waals surface area (Å²) >= 11 is 0. The van der Waals surface area contributed by atoms with Crippen LogP contribution < -0.4 is 19.7 Å². The van der Waals surface area contributed by atoms with Gasteiger partial charge in [-0.1, -0.05) is 6.07 Å². The van der Waals surface area contributed by atoms with E-state index in [2.05, 4.69) is 27.1 Å². The van der Waals surface area contributed by atoms with E-state index < -0.39 is 0 Å². The number of ether oxygens (including phenoxy) is 2. The van der Waals surface area contributed by atoms with Crippen LogP contribution in [-0.4, -0.2) is 42.8 Å². The lowest BCUT2D eigenvalue weighted by Gasteiger charge is -2.32. The van der Waals surface area contributed by atoms with Crippen LogP contribution in [0.2, 0.25) is 0 Å². The van der Waals surface area contributed by atoms with E-state index in [1.165, 1.54) is 6.33 Å². The highest BCUT2D eigenvalue weighted by atomic mass is 16.5. The molecule has 0 aliphatic carbocycles. The Bertz CT molecular complexity index is 677. The zero-order valence-corrected chi connectivity index (χ0v) is 13.7. The number of nitrogens with one attached hydrogen (secondary N) is 1. The van der Waals surface area contributed by atoms with Crippen LogP contribution in [0.1, 0.15) is 12.5 Å². The van der Waals surface area contributed by atoms with Crippen molar-refractivity contribution in [2.75, 3.05) is 31.6 Å². The predicted molar refractivity (Wildman–Crippen MR) is 89.5 cm³/mol. The Balaban J connectivity index is 1.80. The first kappa shape index (κ1) is 15.6. The lowest BCUT2D eigenvalue weighted by molar-refractivity contribution is 0.373. The van der Waals surface area contributed by atoms with Crippen molar-refractivity contribution in [1.29, 1.82) is 0 Å². The number of rotatable bonds is 4. The topological polar surface area (TPSA) is 59.5 Å². The van der Waals surface area contributed by atoms with Gasteiger partial charge in [-0.05, 0) is 31.5 Å². The molecule has 6 heteroatoms. The Morgan fingerprint density at radius 1 is 1.22 bits per heavy atom. The maximum Gasteiger partial charge on any atom is 0.224 e. The zero-order chi connectivity index (χ0) is 16.2. The van der Waals surface area contributed by atoms with Crippen molar-refractivity contribution >= 4 is 5.82 Å². The third-order valence-corrected chi connectivity index (χ3v) is 3.85. The van der Waals surface area contributed by atoms with Crippen LogP contribution in [0.3, 0.4) is 0 Å². The summed E-state index contributed by atoms with van der Waals surface area (Å²) in [5.74, 6) is 2.75. The first-order valence-electron chi connectivity index (χ1n) is 7.78. The molecule has 1 aliphatic rings. The summed E-state index contributed by atoms with van der Waals surface area (Å²) in [6.07, 6.45) is 1.54. The van der Waals surface area contributed by atoms with E-state index >= 15 is 0 Å². The molecule has 1 saturated heterocycles. The van der Waals surface area contributed by atoms with E-state index in [4.69, 9.17) is 9.47 Å². The first-order chi connectivity index (χ1) is 11.2. The summed E-state index contributed by atoms with van der Waals surface area (Å²) in [6, 6.07) is 8.13. The van der Waals surface area contributed by atoms with Crippen molar-refractivity contribution in [2.45, 2.75) is 19.9 Å². The number of anilines is 1. The fourth-order valence-corrected chi connectivity index (χ4v) is 2.67. The van der Waals surface area contributed by atoms with E-state index in [1.54, 1.807) is 7.11 Å². The molecule has 0 amide bonds. The van der Waals surface area contributed by atoms with Gasteiger partial charge in [-0.15, -0.1) is 0 Å². The summed E-state index contributed by atoms with van der Waals surface area (Å²) in [7, 11) is 1.63. The molecular weight excluding hydrogens is 292 g/mol. The molecule has 1 aromatic carbocycles. The second-order valence-electron chi connectivity index (χ2n) is 5.77. The highest BCUT2D eigenvalue weighted by molar-refractivity contribution is 5.47. The number of hydrogen-bond donors (Lipinski definition) is 1. The Morgan fingerprint density at radius 3 is 2.87 bits per heavy atom. The second kappa shape index (κ2) is 6.83. The van der Waals surface area contributed by atoms with Crippen molar-refractivity contribution in [1.82, 2.24) is 15.3 Å². The smallest absolute Gasteiger partial charge is 0.224 e. The van der Waals surface area contributed by atoms with Gasteiger partial charge in [0.15, 0.2) is 11.5 Å². The molecule has 1 aromatic heterocycles. The monoisotopic (exact) mass is 314 g/mol. The number of benzene rings is 1. The minimum atomic E-state index is 0.445. The Hall–Kier alpha value is -2.34. The molecule has 0 saturated carbocycles. The maximum absolute atomic E-state index is 5.90. The van der Waals surface area contributed by atoms with Crippen LogP contribution in [0, 0.1) is 6.92 Å². The molecule has 1 N–H and O–H groups in total. The molecule has 122 valence electrons. The number of methoxy groups -OCH3 is 1. The van der Waals surface area contributed by atoms with E-state index in [-0.39, 0.29) is 0 Å². The van der Waals surface area contributed by atoms with Gasteiger partial charge in [0.05, 0.1) is 7.11 Å². The summed E-state index contributed by atoms with van der Waals surface area (Å²) in [4.78, 5) is 10.8. The van der Waals surface area contributed by atoms with Crippen LogP contribution >= 0.6 is 0 Å². The molecule has 23 heavy (non-hydrogen) atoms. The molecule has 1 unspecified atom stereocenters. The number of piperazine rings is 1. The van der Waals surface area contributed by atoms with Gasteiger partial charge in [-0.2, -0.15) is 0 Å². The maximum atomic E-state index is 5.90. The molecule has 1 fully saturated rings. The lowest BCUT2D eigenvalue weighted by atomic mass is 10.2. The second-order valence-corrected chi connectivity index (χ2v) is 5.77. The minimum absolute atomic E-state index is 0.445. The number of aromatic nitrogens is 2. The molecule has 3 rings (SSSR count). The molecule has 2 heterocycles.